The summed E-state index contributed by atoms with van der Waals surface area (Å²) in [5.41, 5.74) is 1.06. The van der Waals surface area contributed by atoms with Crippen molar-refractivity contribution in [1.82, 2.24) is 4.98 Å². The number of carboxylic acids is 1. The molecule has 0 spiro atoms. The van der Waals surface area contributed by atoms with E-state index >= 15 is 0 Å². The number of rotatable bonds is 1. The Morgan fingerprint density at radius 3 is 2.73 bits per heavy atom. The van der Waals surface area contributed by atoms with Crippen LogP contribution in [0, 0.1) is 11.8 Å². The molecule has 80 valence electrons. The minimum absolute atomic E-state index is 0.0367. The largest absolute Gasteiger partial charge is 0.472 e. The quantitative estimate of drug-likeness (QED) is 0.741. The average Bonchev–Trinajstić information content (AvgIpc) is 2.51. The SMILES string of the molecule is CC(C)(C)c1csc(CC#CC(=O)O)n1. The molecule has 0 unspecified atom stereocenters. The summed E-state index contributed by atoms with van der Waals surface area (Å²) in [7, 11) is 0. The third-order valence-corrected chi connectivity index (χ3v) is 2.60. The Hall–Kier alpha value is -1.34. The molecule has 0 saturated carbocycles. The summed E-state index contributed by atoms with van der Waals surface area (Å²) in [4.78, 5) is 14.6. The van der Waals surface area contributed by atoms with Crippen LogP contribution >= 0.6 is 11.3 Å². The van der Waals surface area contributed by atoms with Gasteiger partial charge in [-0.1, -0.05) is 26.7 Å². The van der Waals surface area contributed by atoms with Crippen LogP contribution in [0.1, 0.15) is 31.5 Å². The second-order valence-corrected chi connectivity index (χ2v) is 5.10. The molecule has 1 rings (SSSR count). The number of carboxylic acid groups (broad SMARTS) is 1. The molecule has 0 atom stereocenters. The molecular formula is C11H13NO2S. The molecule has 1 aromatic heterocycles. The fourth-order valence-electron chi connectivity index (χ4n) is 0.932. The van der Waals surface area contributed by atoms with E-state index in [0.29, 0.717) is 6.42 Å². The Balaban J connectivity index is 2.71. The fraction of sp³-hybridized carbons (Fsp3) is 0.455. The molecule has 0 fully saturated rings. The first-order valence-corrected chi connectivity index (χ1v) is 5.44. The van der Waals surface area contributed by atoms with Crippen molar-refractivity contribution in [3.63, 3.8) is 0 Å². The van der Waals surface area contributed by atoms with Crippen LogP contribution in [0.2, 0.25) is 0 Å². The number of hydrogen-bond donors (Lipinski definition) is 1. The molecule has 4 heteroatoms. The highest BCUT2D eigenvalue weighted by Crippen LogP contribution is 2.23. The minimum Gasteiger partial charge on any atom is -0.472 e. The van der Waals surface area contributed by atoms with Gasteiger partial charge >= 0.3 is 5.97 Å². The average molecular weight is 223 g/mol. The summed E-state index contributed by atoms with van der Waals surface area (Å²) >= 11 is 1.52. The molecule has 0 amide bonds. The predicted octanol–water partition coefficient (Wildman–Crippen LogP) is 2.07. The van der Waals surface area contributed by atoms with Gasteiger partial charge in [-0.05, 0) is 0 Å². The van der Waals surface area contributed by atoms with E-state index in [4.69, 9.17) is 5.11 Å². The number of thiazole rings is 1. The van der Waals surface area contributed by atoms with Gasteiger partial charge in [-0.25, -0.2) is 9.78 Å². The molecule has 1 heterocycles. The van der Waals surface area contributed by atoms with Gasteiger partial charge in [0.15, 0.2) is 0 Å². The predicted molar refractivity (Wildman–Crippen MR) is 59.9 cm³/mol. The van der Waals surface area contributed by atoms with Gasteiger partial charge in [0, 0.05) is 16.7 Å². The van der Waals surface area contributed by atoms with Gasteiger partial charge in [-0.2, -0.15) is 0 Å². The minimum atomic E-state index is -1.09. The Morgan fingerprint density at radius 2 is 2.27 bits per heavy atom. The van der Waals surface area contributed by atoms with Gasteiger partial charge in [0.25, 0.3) is 0 Å². The molecule has 0 radical (unpaired) electrons. The molecule has 0 saturated heterocycles. The van der Waals surface area contributed by atoms with Crippen molar-refractivity contribution in [2.75, 3.05) is 0 Å². The third kappa shape index (κ3) is 3.72. The molecule has 15 heavy (non-hydrogen) atoms. The number of nitrogens with zero attached hydrogens (tertiary/aromatic N) is 1. The van der Waals surface area contributed by atoms with Crippen LogP contribution in [0.4, 0.5) is 0 Å². The maximum Gasteiger partial charge on any atom is 0.381 e. The van der Waals surface area contributed by atoms with Crippen molar-refractivity contribution in [2.45, 2.75) is 32.6 Å². The van der Waals surface area contributed by atoms with E-state index in [2.05, 4.69) is 37.6 Å². The Morgan fingerprint density at radius 1 is 1.60 bits per heavy atom. The van der Waals surface area contributed by atoms with Crippen molar-refractivity contribution in [1.29, 1.82) is 0 Å². The van der Waals surface area contributed by atoms with Crippen LogP contribution in [-0.4, -0.2) is 16.1 Å². The maximum absolute atomic E-state index is 10.2. The van der Waals surface area contributed by atoms with Crippen molar-refractivity contribution < 1.29 is 9.90 Å². The topological polar surface area (TPSA) is 50.2 Å². The Kier molecular flexibility index (Phi) is 3.48. The highest BCUT2D eigenvalue weighted by Gasteiger charge is 2.16. The first-order chi connectivity index (χ1) is 6.89. The van der Waals surface area contributed by atoms with Crippen LogP contribution in [0.5, 0.6) is 0 Å². The summed E-state index contributed by atoms with van der Waals surface area (Å²) in [6.07, 6.45) is 0.410. The summed E-state index contributed by atoms with van der Waals surface area (Å²) < 4.78 is 0. The zero-order valence-electron chi connectivity index (χ0n) is 9.00. The highest BCUT2D eigenvalue weighted by atomic mass is 32.1. The van der Waals surface area contributed by atoms with E-state index in [-0.39, 0.29) is 5.41 Å². The number of hydrogen-bond acceptors (Lipinski definition) is 3. The summed E-state index contributed by atoms with van der Waals surface area (Å²) in [5.74, 6) is 3.54. The molecular weight excluding hydrogens is 210 g/mol. The van der Waals surface area contributed by atoms with Gasteiger partial charge in [-0.15, -0.1) is 11.3 Å². The maximum atomic E-state index is 10.2. The van der Waals surface area contributed by atoms with Gasteiger partial charge in [0.2, 0.25) is 0 Å². The van der Waals surface area contributed by atoms with E-state index in [1.807, 2.05) is 5.38 Å². The molecule has 1 N–H and O–H groups in total. The van der Waals surface area contributed by atoms with Gasteiger partial charge in [0.1, 0.15) is 5.01 Å². The molecule has 0 aliphatic heterocycles. The highest BCUT2D eigenvalue weighted by molar-refractivity contribution is 7.09. The van der Waals surface area contributed by atoms with E-state index in [1.54, 1.807) is 0 Å². The lowest BCUT2D eigenvalue weighted by Crippen LogP contribution is -2.11. The number of aromatic nitrogens is 1. The smallest absolute Gasteiger partial charge is 0.381 e. The van der Waals surface area contributed by atoms with Crippen molar-refractivity contribution in [3.8, 4) is 11.8 Å². The summed E-state index contributed by atoms with van der Waals surface area (Å²) in [6.45, 7) is 6.28. The Bertz CT molecular complexity index is 418. The standard InChI is InChI=1S/C11H13NO2S/c1-11(2,3)8-7-15-9(12-8)5-4-6-10(13)14/h7H,5H2,1-3H3,(H,13,14). The zero-order chi connectivity index (χ0) is 11.5. The lowest BCUT2D eigenvalue weighted by Gasteiger charge is -2.13. The van der Waals surface area contributed by atoms with E-state index in [0.717, 1.165) is 10.7 Å². The van der Waals surface area contributed by atoms with Gasteiger partial charge in [-0.3, -0.25) is 0 Å². The first kappa shape index (κ1) is 11.7. The zero-order valence-corrected chi connectivity index (χ0v) is 9.81. The molecule has 1 aromatic rings. The summed E-state index contributed by atoms with van der Waals surface area (Å²) in [5, 5.41) is 11.2. The molecule has 0 aliphatic rings. The fourth-order valence-corrected chi connectivity index (χ4v) is 1.89. The second-order valence-electron chi connectivity index (χ2n) is 4.16. The lowest BCUT2D eigenvalue weighted by atomic mass is 9.93. The number of carbonyl (C=O) groups is 1. The van der Waals surface area contributed by atoms with Crippen LogP contribution in [0.3, 0.4) is 0 Å². The van der Waals surface area contributed by atoms with E-state index in [9.17, 15) is 4.79 Å². The lowest BCUT2D eigenvalue weighted by molar-refractivity contribution is -0.130. The second kappa shape index (κ2) is 4.45. The van der Waals surface area contributed by atoms with Crippen LogP contribution in [0.15, 0.2) is 5.38 Å². The van der Waals surface area contributed by atoms with Crippen LogP contribution in [-0.2, 0) is 16.6 Å². The third-order valence-electron chi connectivity index (χ3n) is 1.76. The molecule has 0 bridgehead atoms. The first-order valence-electron chi connectivity index (χ1n) is 4.56. The molecule has 3 nitrogen and oxygen atoms in total. The van der Waals surface area contributed by atoms with E-state index in [1.165, 1.54) is 11.3 Å². The van der Waals surface area contributed by atoms with Crippen molar-refractivity contribution in [2.24, 2.45) is 0 Å². The molecule has 0 aliphatic carbocycles. The van der Waals surface area contributed by atoms with Crippen molar-refractivity contribution >= 4 is 17.3 Å². The normalized spacial score (nSPS) is 10.6. The van der Waals surface area contributed by atoms with Crippen LogP contribution < -0.4 is 0 Å². The monoisotopic (exact) mass is 223 g/mol. The molecule has 0 aromatic carbocycles. The summed E-state index contributed by atoms with van der Waals surface area (Å²) in [6, 6.07) is 0. The Labute approximate surface area is 93.2 Å². The van der Waals surface area contributed by atoms with Crippen molar-refractivity contribution in [3.05, 3.63) is 16.1 Å². The van der Waals surface area contributed by atoms with Gasteiger partial charge in [0.05, 0.1) is 12.1 Å². The van der Waals surface area contributed by atoms with Crippen LogP contribution in [0.25, 0.3) is 0 Å². The van der Waals surface area contributed by atoms with E-state index < -0.39 is 5.97 Å². The van der Waals surface area contributed by atoms with Gasteiger partial charge < -0.3 is 5.11 Å². The number of aliphatic carboxylic acids is 1.